The van der Waals surface area contributed by atoms with Crippen molar-refractivity contribution in [2.45, 2.75) is 26.4 Å². The summed E-state index contributed by atoms with van der Waals surface area (Å²) in [6.45, 7) is 7.50. The second-order valence-electron chi connectivity index (χ2n) is 4.88. The molecule has 2 rings (SSSR count). The van der Waals surface area contributed by atoms with Crippen LogP contribution < -0.4 is 4.90 Å². The fourth-order valence-electron chi connectivity index (χ4n) is 2.36. The fourth-order valence-corrected chi connectivity index (χ4v) is 2.57. The fraction of sp³-hybridized carbons (Fsp3) is 0.250. The van der Waals surface area contributed by atoms with E-state index in [0.717, 1.165) is 5.57 Å². The van der Waals surface area contributed by atoms with Crippen LogP contribution in [0.15, 0.2) is 42.2 Å². The molecule has 0 bridgehead atoms. The molecule has 5 heteroatoms. The summed E-state index contributed by atoms with van der Waals surface area (Å²) < 4.78 is 5.28. The van der Waals surface area contributed by atoms with Gasteiger partial charge in [-0.05, 0) is 37.6 Å². The Morgan fingerprint density at radius 3 is 2.81 bits per heavy atom. The lowest BCUT2D eigenvalue weighted by Crippen LogP contribution is -2.32. The van der Waals surface area contributed by atoms with Crippen molar-refractivity contribution in [3.8, 4) is 6.07 Å². The highest BCUT2D eigenvalue weighted by atomic mass is 35.5. The molecule has 4 nitrogen and oxygen atoms in total. The van der Waals surface area contributed by atoms with Crippen molar-refractivity contribution in [1.82, 2.24) is 0 Å². The zero-order valence-electron chi connectivity index (χ0n) is 11.9. The maximum absolute atomic E-state index is 12.1. The third-order valence-corrected chi connectivity index (χ3v) is 3.59. The van der Waals surface area contributed by atoms with E-state index in [2.05, 4.69) is 6.58 Å². The van der Waals surface area contributed by atoms with E-state index >= 15 is 0 Å². The number of carbonyl (C=O) groups is 1. The Morgan fingerprint density at radius 2 is 2.29 bits per heavy atom. The van der Waals surface area contributed by atoms with Crippen LogP contribution in [-0.4, -0.2) is 12.1 Å². The molecule has 1 aromatic rings. The topological polar surface area (TPSA) is 53.3 Å². The predicted octanol–water partition coefficient (Wildman–Crippen LogP) is 3.77. The number of hydrogen-bond acceptors (Lipinski definition) is 4. The Balaban J connectivity index is 2.47. The summed E-state index contributed by atoms with van der Waals surface area (Å²) in [5, 5.41) is 9.25. The summed E-state index contributed by atoms with van der Waals surface area (Å²) in [6.07, 6.45) is 2.08. The number of carbonyl (C=O) groups excluding carboxylic acids is 1. The number of esters is 1. The van der Waals surface area contributed by atoms with Crippen molar-refractivity contribution in [2.75, 3.05) is 4.90 Å². The SMILES string of the molecule is C=CN(C1=C(C)CC(C)OC1=O)c1ccc(C#N)c(Cl)c1. The number of nitriles is 1. The number of hydrogen-bond donors (Lipinski definition) is 0. The lowest BCUT2D eigenvalue weighted by molar-refractivity contribution is -0.144. The molecule has 0 fully saturated rings. The molecule has 1 heterocycles. The highest BCUT2D eigenvalue weighted by Crippen LogP contribution is 2.31. The summed E-state index contributed by atoms with van der Waals surface area (Å²) in [6, 6.07) is 6.97. The molecule has 1 atom stereocenters. The van der Waals surface area contributed by atoms with Crippen molar-refractivity contribution in [3.63, 3.8) is 0 Å². The number of cyclic esters (lactones) is 1. The van der Waals surface area contributed by atoms with Crippen LogP contribution in [-0.2, 0) is 9.53 Å². The van der Waals surface area contributed by atoms with E-state index in [4.69, 9.17) is 21.6 Å². The third-order valence-electron chi connectivity index (χ3n) is 3.27. The first kappa shape index (κ1) is 15.1. The molecule has 1 aliphatic rings. The molecule has 0 radical (unpaired) electrons. The van der Waals surface area contributed by atoms with Crippen LogP contribution in [0.3, 0.4) is 0 Å². The van der Waals surface area contributed by atoms with Gasteiger partial charge in [-0.2, -0.15) is 5.26 Å². The molecule has 108 valence electrons. The Hall–Kier alpha value is -2.25. The van der Waals surface area contributed by atoms with Crippen LogP contribution in [0, 0.1) is 11.3 Å². The summed E-state index contributed by atoms with van der Waals surface area (Å²) in [5.74, 6) is -0.383. The second-order valence-corrected chi connectivity index (χ2v) is 5.28. The summed E-state index contributed by atoms with van der Waals surface area (Å²) in [7, 11) is 0. The van der Waals surface area contributed by atoms with Crippen LogP contribution >= 0.6 is 11.6 Å². The van der Waals surface area contributed by atoms with Crippen molar-refractivity contribution >= 4 is 23.3 Å². The molecule has 0 saturated carbocycles. The maximum atomic E-state index is 12.1. The van der Waals surface area contributed by atoms with Gasteiger partial charge in [0, 0.05) is 18.3 Å². The zero-order chi connectivity index (χ0) is 15.6. The number of benzene rings is 1. The molecule has 0 amide bonds. The van der Waals surface area contributed by atoms with Crippen LogP contribution in [0.5, 0.6) is 0 Å². The van der Waals surface area contributed by atoms with E-state index in [-0.39, 0.29) is 12.1 Å². The summed E-state index contributed by atoms with van der Waals surface area (Å²) in [4.78, 5) is 13.8. The molecule has 0 spiro atoms. The van der Waals surface area contributed by atoms with Crippen molar-refractivity contribution < 1.29 is 9.53 Å². The number of nitrogens with zero attached hydrogens (tertiary/aromatic N) is 2. The molecule has 0 aliphatic carbocycles. The molecule has 0 saturated heterocycles. The van der Waals surface area contributed by atoms with E-state index in [1.165, 1.54) is 6.20 Å². The number of rotatable bonds is 3. The quantitative estimate of drug-likeness (QED) is 0.798. The first-order valence-corrected chi connectivity index (χ1v) is 6.88. The van der Waals surface area contributed by atoms with Crippen molar-refractivity contribution in [2.24, 2.45) is 0 Å². The molecular weight excluding hydrogens is 288 g/mol. The van der Waals surface area contributed by atoms with Crippen molar-refractivity contribution in [1.29, 1.82) is 5.26 Å². The summed E-state index contributed by atoms with van der Waals surface area (Å²) in [5.41, 5.74) is 2.42. The summed E-state index contributed by atoms with van der Waals surface area (Å²) >= 11 is 6.05. The van der Waals surface area contributed by atoms with E-state index in [9.17, 15) is 4.79 Å². The smallest absolute Gasteiger partial charge is 0.355 e. The van der Waals surface area contributed by atoms with Gasteiger partial charge < -0.3 is 9.64 Å². The largest absolute Gasteiger partial charge is 0.458 e. The van der Waals surface area contributed by atoms with Gasteiger partial charge in [0.15, 0.2) is 0 Å². The minimum atomic E-state index is -0.383. The molecule has 21 heavy (non-hydrogen) atoms. The van der Waals surface area contributed by atoms with Gasteiger partial charge in [0.05, 0.1) is 10.6 Å². The highest BCUT2D eigenvalue weighted by Gasteiger charge is 2.28. The average Bonchev–Trinajstić information content (AvgIpc) is 2.42. The first-order valence-electron chi connectivity index (χ1n) is 6.50. The minimum absolute atomic E-state index is 0.127. The predicted molar refractivity (Wildman–Crippen MR) is 81.7 cm³/mol. The van der Waals surface area contributed by atoms with Crippen LogP contribution in [0.1, 0.15) is 25.8 Å². The molecule has 1 aliphatic heterocycles. The Labute approximate surface area is 128 Å². The average molecular weight is 303 g/mol. The van der Waals surface area contributed by atoms with Gasteiger partial charge in [-0.1, -0.05) is 18.2 Å². The molecular formula is C16H15ClN2O2. The Kier molecular flexibility index (Phi) is 4.35. The third kappa shape index (κ3) is 2.93. The molecule has 1 unspecified atom stereocenters. The van der Waals surface area contributed by atoms with Gasteiger partial charge in [-0.3, -0.25) is 0 Å². The van der Waals surface area contributed by atoms with E-state index < -0.39 is 0 Å². The Bertz CT molecular complexity index is 673. The van der Waals surface area contributed by atoms with Crippen LogP contribution in [0.2, 0.25) is 5.02 Å². The lowest BCUT2D eigenvalue weighted by atomic mass is 10.0. The van der Waals surface area contributed by atoms with E-state index in [1.807, 2.05) is 19.9 Å². The Morgan fingerprint density at radius 1 is 1.57 bits per heavy atom. The molecule has 0 N–H and O–H groups in total. The van der Waals surface area contributed by atoms with Gasteiger partial charge in [0.2, 0.25) is 0 Å². The second kappa shape index (κ2) is 6.02. The van der Waals surface area contributed by atoms with E-state index in [1.54, 1.807) is 23.1 Å². The first-order chi connectivity index (χ1) is 9.97. The molecule has 1 aromatic carbocycles. The standard InChI is InChI=1S/C16H15ClN2O2/c1-4-19(13-6-5-12(9-18)14(17)8-13)15-10(2)7-11(3)21-16(15)20/h4-6,8,11H,1,7H2,2-3H3. The van der Waals surface area contributed by atoms with Gasteiger partial charge in [0.1, 0.15) is 17.9 Å². The van der Waals surface area contributed by atoms with E-state index in [0.29, 0.717) is 28.4 Å². The number of ether oxygens (including phenoxy) is 1. The van der Waals surface area contributed by atoms with Gasteiger partial charge in [0.25, 0.3) is 0 Å². The normalized spacial score (nSPS) is 18.0. The monoisotopic (exact) mass is 302 g/mol. The van der Waals surface area contributed by atoms with Crippen LogP contribution in [0.4, 0.5) is 5.69 Å². The lowest BCUT2D eigenvalue weighted by Gasteiger charge is -2.29. The van der Waals surface area contributed by atoms with Gasteiger partial charge in [-0.15, -0.1) is 0 Å². The van der Waals surface area contributed by atoms with Gasteiger partial charge in [-0.25, -0.2) is 4.79 Å². The maximum Gasteiger partial charge on any atom is 0.355 e. The van der Waals surface area contributed by atoms with Crippen molar-refractivity contribution in [3.05, 3.63) is 52.8 Å². The zero-order valence-corrected chi connectivity index (χ0v) is 12.6. The number of anilines is 1. The van der Waals surface area contributed by atoms with Gasteiger partial charge >= 0.3 is 5.97 Å². The minimum Gasteiger partial charge on any atom is -0.458 e. The molecule has 0 aromatic heterocycles. The van der Waals surface area contributed by atoms with Crippen LogP contribution in [0.25, 0.3) is 0 Å². The number of halogens is 1. The highest BCUT2D eigenvalue weighted by molar-refractivity contribution is 6.32.